The van der Waals surface area contributed by atoms with Crippen LogP contribution in [0.15, 0.2) is 30.5 Å². The number of rotatable bonds is 7. The average Bonchev–Trinajstić information content (AvgIpc) is 3.18. The molecule has 0 bridgehead atoms. The highest BCUT2D eigenvalue weighted by Gasteiger charge is 2.47. The van der Waals surface area contributed by atoms with Gasteiger partial charge in [0.15, 0.2) is 6.29 Å². The van der Waals surface area contributed by atoms with Gasteiger partial charge in [0.2, 0.25) is 0 Å². The molecule has 1 aromatic rings. The van der Waals surface area contributed by atoms with Gasteiger partial charge in [0.25, 0.3) is 0 Å². The summed E-state index contributed by atoms with van der Waals surface area (Å²) in [6, 6.07) is 5.58. The molecule has 0 spiro atoms. The lowest BCUT2D eigenvalue weighted by Gasteiger charge is -2.19. The van der Waals surface area contributed by atoms with Crippen molar-refractivity contribution in [2.45, 2.75) is 26.7 Å². The van der Waals surface area contributed by atoms with Crippen LogP contribution >= 0.6 is 0 Å². The van der Waals surface area contributed by atoms with E-state index in [0.29, 0.717) is 24.5 Å². The normalized spacial score (nSPS) is 15.7. The number of benzene rings is 1. The van der Waals surface area contributed by atoms with Gasteiger partial charge in [-0.25, -0.2) is 0 Å². The summed E-state index contributed by atoms with van der Waals surface area (Å²) in [5.41, 5.74) is 1.61. The maximum atomic E-state index is 11.0. The smallest absolute Gasteiger partial charge is 0.153 e. The molecule has 0 amide bonds. The van der Waals surface area contributed by atoms with Gasteiger partial charge in [0.05, 0.1) is 23.3 Å². The Morgan fingerprint density at radius 1 is 1.47 bits per heavy atom. The SMILES string of the molecule is C=C(OCC)C1(COc2cc(C)ccc2C=O)CC1. The van der Waals surface area contributed by atoms with E-state index in [1.165, 1.54) is 0 Å². The first kappa shape index (κ1) is 13.7. The third-order valence-corrected chi connectivity index (χ3v) is 3.56. The fourth-order valence-corrected chi connectivity index (χ4v) is 2.06. The summed E-state index contributed by atoms with van der Waals surface area (Å²) >= 11 is 0. The van der Waals surface area contributed by atoms with E-state index in [4.69, 9.17) is 9.47 Å². The lowest BCUT2D eigenvalue weighted by molar-refractivity contribution is 0.111. The lowest BCUT2D eigenvalue weighted by atomic mass is 10.1. The zero-order valence-electron chi connectivity index (χ0n) is 11.6. The maximum Gasteiger partial charge on any atom is 0.153 e. The van der Waals surface area contributed by atoms with Crippen LogP contribution in [0.3, 0.4) is 0 Å². The van der Waals surface area contributed by atoms with Crippen molar-refractivity contribution in [1.82, 2.24) is 0 Å². The first-order valence-electron chi connectivity index (χ1n) is 6.62. The van der Waals surface area contributed by atoms with Crippen LogP contribution in [0.5, 0.6) is 5.75 Å². The van der Waals surface area contributed by atoms with E-state index in [-0.39, 0.29) is 5.41 Å². The maximum absolute atomic E-state index is 11.0. The van der Waals surface area contributed by atoms with Crippen LogP contribution < -0.4 is 4.74 Å². The number of aryl methyl sites for hydroxylation is 1. The Hall–Kier alpha value is -1.77. The molecule has 0 saturated heterocycles. The summed E-state index contributed by atoms with van der Waals surface area (Å²) in [5, 5.41) is 0. The quantitative estimate of drug-likeness (QED) is 0.556. The van der Waals surface area contributed by atoms with Crippen molar-refractivity contribution in [3.8, 4) is 5.75 Å². The zero-order chi connectivity index (χ0) is 13.9. The number of carbonyl (C=O) groups excluding carboxylic acids is 1. The van der Waals surface area contributed by atoms with E-state index in [0.717, 1.165) is 30.5 Å². The molecule has 0 unspecified atom stereocenters. The Morgan fingerprint density at radius 3 is 2.79 bits per heavy atom. The van der Waals surface area contributed by atoms with Crippen molar-refractivity contribution in [2.75, 3.05) is 13.2 Å². The van der Waals surface area contributed by atoms with E-state index >= 15 is 0 Å². The van der Waals surface area contributed by atoms with E-state index in [9.17, 15) is 4.79 Å². The molecule has 3 nitrogen and oxygen atoms in total. The minimum Gasteiger partial charge on any atom is -0.498 e. The van der Waals surface area contributed by atoms with Gasteiger partial charge in [-0.1, -0.05) is 12.6 Å². The van der Waals surface area contributed by atoms with Crippen LogP contribution in [-0.4, -0.2) is 19.5 Å². The van der Waals surface area contributed by atoms with Crippen molar-refractivity contribution in [2.24, 2.45) is 5.41 Å². The summed E-state index contributed by atoms with van der Waals surface area (Å²) in [4.78, 5) is 11.0. The van der Waals surface area contributed by atoms with Gasteiger partial charge in [-0.3, -0.25) is 4.79 Å². The molecule has 0 atom stereocenters. The standard InChI is InChI=1S/C16H20O3/c1-4-18-13(3)16(7-8-16)11-19-15-9-12(2)5-6-14(15)10-17/h5-6,9-10H,3-4,7-8,11H2,1-2H3. The highest BCUT2D eigenvalue weighted by atomic mass is 16.5. The molecule has 0 aromatic heterocycles. The first-order valence-corrected chi connectivity index (χ1v) is 6.62. The van der Waals surface area contributed by atoms with Crippen LogP contribution in [-0.2, 0) is 4.74 Å². The van der Waals surface area contributed by atoms with Crippen molar-refractivity contribution in [3.05, 3.63) is 41.7 Å². The molecule has 1 saturated carbocycles. The highest BCUT2D eigenvalue weighted by molar-refractivity contribution is 5.79. The van der Waals surface area contributed by atoms with Crippen LogP contribution in [0.4, 0.5) is 0 Å². The number of aldehydes is 1. The minimum atomic E-state index is -0.0556. The number of hydrogen-bond donors (Lipinski definition) is 0. The molecular weight excluding hydrogens is 240 g/mol. The molecule has 2 rings (SSSR count). The minimum absolute atomic E-state index is 0.0556. The molecule has 1 aliphatic carbocycles. The summed E-state index contributed by atoms with van der Waals surface area (Å²) < 4.78 is 11.3. The van der Waals surface area contributed by atoms with E-state index in [1.54, 1.807) is 6.07 Å². The molecule has 3 heteroatoms. The monoisotopic (exact) mass is 260 g/mol. The van der Waals surface area contributed by atoms with Gasteiger partial charge in [-0.15, -0.1) is 0 Å². The Kier molecular flexibility index (Phi) is 3.93. The fourth-order valence-electron chi connectivity index (χ4n) is 2.06. The number of hydrogen-bond acceptors (Lipinski definition) is 3. The Morgan fingerprint density at radius 2 is 2.21 bits per heavy atom. The number of ether oxygens (including phenoxy) is 2. The van der Waals surface area contributed by atoms with Gasteiger partial charge in [-0.05, 0) is 44.4 Å². The summed E-state index contributed by atoms with van der Waals surface area (Å²) in [7, 11) is 0. The summed E-state index contributed by atoms with van der Waals surface area (Å²) in [5.74, 6) is 1.45. The molecule has 0 aliphatic heterocycles. The Labute approximate surface area is 114 Å². The molecule has 0 radical (unpaired) electrons. The molecular formula is C16H20O3. The Balaban J connectivity index is 2.05. The predicted octanol–water partition coefficient (Wildman–Crippen LogP) is 3.52. The topological polar surface area (TPSA) is 35.5 Å². The molecule has 1 aliphatic rings. The van der Waals surface area contributed by atoms with E-state index < -0.39 is 0 Å². The molecule has 19 heavy (non-hydrogen) atoms. The van der Waals surface area contributed by atoms with Gasteiger partial charge in [-0.2, -0.15) is 0 Å². The molecule has 1 aromatic carbocycles. The molecule has 1 fully saturated rings. The third kappa shape index (κ3) is 2.98. The predicted molar refractivity (Wildman–Crippen MR) is 74.5 cm³/mol. The van der Waals surface area contributed by atoms with E-state index in [1.807, 2.05) is 26.0 Å². The van der Waals surface area contributed by atoms with Gasteiger partial charge in [0.1, 0.15) is 12.4 Å². The summed E-state index contributed by atoms with van der Waals surface area (Å²) in [6.45, 7) is 9.06. The average molecular weight is 260 g/mol. The number of carbonyl (C=O) groups is 1. The van der Waals surface area contributed by atoms with Crippen LogP contribution in [0.2, 0.25) is 0 Å². The van der Waals surface area contributed by atoms with E-state index in [2.05, 4.69) is 6.58 Å². The largest absolute Gasteiger partial charge is 0.498 e. The van der Waals surface area contributed by atoms with Crippen molar-refractivity contribution < 1.29 is 14.3 Å². The third-order valence-electron chi connectivity index (χ3n) is 3.56. The van der Waals surface area contributed by atoms with Crippen LogP contribution in [0.1, 0.15) is 35.7 Å². The highest BCUT2D eigenvalue weighted by Crippen LogP contribution is 2.51. The zero-order valence-corrected chi connectivity index (χ0v) is 11.6. The van der Waals surface area contributed by atoms with Gasteiger partial charge >= 0.3 is 0 Å². The fraction of sp³-hybridized carbons (Fsp3) is 0.438. The van der Waals surface area contributed by atoms with Crippen LogP contribution in [0, 0.1) is 12.3 Å². The summed E-state index contributed by atoms with van der Waals surface area (Å²) in [6.07, 6.45) is 2.90. The van der Waals surface area contributed by atoms with Crippen molar-refractivity contribution >= 4 is 6.29 Å². The van der Waals surface area contributed by atoms with Gasteiger partial charge < -0.3 is 9.47 Å². The van der Waals surface area contributed by atoms with Crippen LogP contribution in [0.25, 0.3) is 0 Å². The first-order chi connectivity index (χ1) is 9.11. The van der Waals surface area contributed by atoms with Gasteiger partial charge in [0, 0.05) is 0 Å². The molecule has 102 valence electrons. The Bertz CT molecular complexity index is 487. The van der Waals surface area contributed by atoms with Crippen molar-refractivity contribution in [3.63, 3.8) is 0 Å². The van der Waals surface area contributed by atoms with Crippen molar-refractivity contribution in [1.29, 1.82) is 0 Å². The second-order valence-corrected chi connectivity index (χ2v) is 5.08. The molecule has 0 heterocycles. The lowest BCUT2D eigenvalue weighted by Crippen LogP contribution is -2.17. The second kappa shape index (κ2) is 5.47. The molecule has 0 N–H and O–H groups in total. The second-order valence-electron chi connectivity index (χ2n) is 5.08.